The summed E-state index contributed by atoms with van der Waals surface area (Å²) in [7, 11) is 0. The van der Waals surface area contributed by atoms with Crippen LogP contribution in [0.15, 0.2) is 65.2 Å². The maximum Gasteiger partial charge on any atom is 0.416 e. The second kappa shape index (κ2) is 9.12. The molecular weight excluding hydrogens is 403 g/mol. The van der Waals surface area contributed by atoms with Gasteiger partial charge < -0.3 is 14.6 Å². The minimum absolute atomic E-state index is 0.00955. The van der Waals surface area contributed by atoms with Gasteiger partial charge in [0.1, 0.15) is 11.4 Å². The quantitative estimate of drug-likeness (QED) is 0.612. The van der Waals surface area contributed by atoms with Crippen LogP contribution < -0.4 is 15.4 Å². The van der Waals surface area contributed by atoms with Crippen LogP contribution in [0.5, 0.6) is 5.75 Å². The standard InChI is InChI=1S/C20H16F3N3O4/c21-20(22,23)14-8-6-13(7-9-14)16-10-19(30-26-16)25-17(27)11-24-18(28)12-29-15-4-2-1-3-5-15/h1-10H,11-12H2,(H,24,28)(H,25,27). The average Bonchev–Trinajstić information content (AvgIpc) is 3.19. The van der Waals surface area contributed by atoms with Crippen LogP contribution >= 0.6 is 0 Å². The summed E-state index contributed by atoms with van der Waals surface area (Å²) in [5.41, 5.74) is -0.145. The molecule has 0 atom stereocenters. The van der Waals surface area contributed by atoms with E-state index in [2.05, 4.69) is 15.8 Å². The van der Waals surface area contributed by atoms with E-state index in [1.807, 2.05) is 6.07 Å². The van der Waals surface area contributed by atoms with Crippen LogP contribution in [0, 0.1) is 0 Å². The second-order valence-corrected chi connectivity index (χ2v) is 6.08. The summed E-state index contributed by atoms with van der Waals surface area (Å²) in [5.74, 6) is -0.547. The molecule has 3 aromatic rings. The van der Waals surface area contributed by atoms with Crippen molar-refractivity contribution < 1.29 is 32.0 Å². The molecular formula is C20H16F3N3O4. The fraction of sp³-hybridized carbons (Fsp3) is 0.150. The highest BCUT2D eigenvalue weighted by Crippen LogP contribution is 2.31. The Bertz CT molecular complexity index is 1000. The Morgan fingerprint density at radius 3 is 2.37 bits per heavy atom. The van der Waals surface area contributed by atoms with Crippen molar-refractivity contribution in [2.75, 3.05) is 18.5 Å². The highest BCUT2D eigenvalue weighted by Gasteiger charge is 2.30. The number of nitrogens with zero attached hydrogens (tertiary/aromatic N) is 1. The summed E-state index contributed by atoms with van der Waals surface area (Å²) in [6.07, 6.45) is -4.43. The number of amides is 2. The average molecular weight is 419 g/mol. The molecule has 2 N–H and O–H groups in total. The van der Waals surface area contributed by atoms with E-state index >= 15 is 0 Å². The van der Waals surface area contributed by atoms with Crippen LogP contribution in [0.25, 0.3) is 11.3 Å². The molecule has 0 saturated carbocycles. The molecule has 0 spiro atoms. The Labute approximate surface area is 168 Å². The molecule has 0 aliphatic heterocycles. The number of ether oxygens (including phenoxy) is 1. The van der Waals surface area contributed by atoms with Crippen molar-refractivity contribution in [2.24, 2.45) is 0 Å². The molecule has 0 saturated heterocycles. The third-order valence-corrected chi connectivity index (χ3v) is 3.84. The predicted molar refractivity (Wildman–Crippen MR) is 101 cm³/mol. The lowest BCUT2D eigenvalue weighted by molar-refractivity contribution is -0.137. The summed E-state index contributed by atoms with van der Waals surface area (Å²) in [4.78, 5) is 23.6. The molecule has 1 aromatic heterocycles. The zero-order chi connectivity index (χ0) is 21.6. The number of hydrogen-bond acceptors (Lipinski definition) is 5. The normalized spacial score (nSPS) is 11.0. The number of benzene rings is 2. The molecule has 0 bridgehead atoms. The number of para-hydroxylation sites is 1. The Balaban J connectivity index is 1.47. The molecule has 3 rings (SSSR count). The summed E-state index contributed by atoms with van der Waals surface area (Å²) < 4.78 is 48.1. The van der Waals surface area contributed by atoms with Gasteiger partial charge in [0, 0.05) is 11.6 Å². The zero-order valence-corrected chi connectivity index (χ0v) is 15.4. The first-order valence-electron chi connectivity index (χ1n) is 8.70. The van der Waals surface area contributed by atoms with Crippen molar-refractivity contribution in [1.29, 1.82) is 0 Å². The highest BCUT2D eigenvalue weighted by atomic mass is 19.4. The number of carbonyl (C=O) groups is 2. The number of carbonyl (C=O) groups excluding carboxylic acids is 2. The van der Waals surface area contributed by atoms with Gasteiger partial charge in [-0.15, -0.1) is 0 Å². The van der Waals surface area contributed by atoms with Crippen molar-refractivity contribution in [3.63, 3.8) is 0 Å². The first kappa shape index (κ1) is 20.9. The van der Waals surface area contributed by atoms with Crippen LogP contribution in [0.4, 0.5) is 19.1 Å². The largest absolute Gasteiger partial charge is 0.484 e. The number of alkyl halides is 3. The monoisotopic (exact) mass is 419 g/mol. The lowest BCUT2D eigenvalue weighted by atomic mass is 10.1. The van der Waals surface area contributed by atoms with Gasteiger partial charge >= 0.3 is 6.18 Å². The minimum Gasteiger partial charge on any atom is -0.484 e. The first-order chi connectivity index (χ1) is 14.3. The van der Waals surface area contributed by atoms with E-state index in [-0.39, 0.29) is 24.7 Å². The van der Waals surface area contributed by atoms with Crippen LogP contribution in [0.1, 0.15) is 5.56 Å². The Hall–Kier alpha value is -3.82. The van der Waals surface area contributed by atoms with E-state index in [9.17, 15) is 22.8 Å². The molecule has 0 unspecified atom stereocenters. The maximum absolute atomic E-state index is 12.6. The van der Waals surface area contributed by atoms with Crippen molar-refractivity contribution >= 4 is 17.7 Å². The number of halogens is 3. The van der Waals surface area contributed by atoms with Gasteiger partial charge in [0.05, 0.1) is 12.1 Å². The van der Waals surface area contributed by atoms with Gasteiger partial charge in [-0.1, -0.05) is 35.5 Å². The van der Waals surface area contributed by atoms with E-state index in [4.69, 9.17) is 9.26 Å². The number of hydrogen-bond donors (Lipinski definition) is 2. The molecule has 0 radical (unpaired) electrons. The van der Waals surface area contributed by atoms with Crippen LogP contribution in [-0.2, 0) is 15.8 Å². The van der Waals surface area contributed by atoms with E-state index in [1.165, 1.54) is 18.2 Å². The molecule has 0 fully saturated rings. The summed E-state index contributed by atoms with van der Waals surface area (Å²) >= 11 is 0. The van der Waals surface area contributed by atoms with Crippen LogP contribution in [-0.4, -0.2) is 30.1 Å². The molecule has 10 heteroatoms. The molecule has 2 amide bonds. The van der Waals surface area contributed by atoms with Gasteiger partial charge in [0.25, 0.3) is 5.91 Å². The van der Waals surface area contributed by atoms with Gasteiger partial charge in [-0.3, -0.25) is 14.9 Å². The molecule has 0 aliphatic carbocycles. The third kappa shape index (κ3) is 5.84. The molecule has 7 nitrogen and oxygen atoms in total. The lowest BCUT2D eigenvalue weighted by Crippen LogP contribution is -2.35. The van der Waals surface area contributed by atoms with Gasteiger partial charge in [0.15, 0.2) is 6.61 Å². The van der Waals surface area contributed by atoms with Crippen LogP contribution in [0.2, 0.25) is 0 Å². The van der Waals surface area contributed by atoms with Crippen molar-refractivity contribution in [3.8, 4) is 17.0 Å². The molecule has 30 heavy (non-hydrogen) atoms. The van der Waals surface area contributed by atoms with E-state index in [0.717, 1.165) is 12.1 Å². The molecule has 156 valence electrons. The summed E-state index contributed by atoms with van der Waals surface area (Å²) in [6.45, 7) is -0.578. The number of aromatic nitrogens is 1. The first-order valence-corrected chi connectivity index (χ1v) is 8.70. The van der Waals surface area contributed by atoms with Crippen molar-refractivity contribution in [2.45, 2.75) is 6.18 Å². The van der Waals surface area contributed by atoms with E-state index in [1.54, 1.807) is 24.3 Å². The molecule has 2 aromatic carbocycles. The highest BCUT2D eigenvalue weighted by molar-refractivity contribution is 5.94. The second-order valence-electron chi connectivity index (χ2n) is 6.08. The third-order valence-electron chi connectivity index (χ3n) is 3.84. The zero-order valence-electron chi connectivity index (χ0n) is 15.4. The van der Waals surface area contributed by atoms with E-state index in [0.29, 0.717) is 11.3 Å². The van der Waals surface area contributed by atoms with Crippen LogP contribution in [0.3, 0.4) is 0 Å². The summed E-state index contributed by atoms with van der Waals surface area (Å²) in [5, 5.41) is 8.49. The smallest absolute Gasteiger partial charge is 0.416 e. The van der Waals surface area contributed by atoms with Gasteiger partial charge in [0.2, 0.25) is 11.8 Å². The maximum atomic E-state index is 12.6. The Morgan fingerprint density at radius 1 is 1.00 bits per heavy atom. The Kier molecular flexibility index (Phi) is 6.35. The summed E-state index contributed by atoms with van der Waals surface area (Å²) in [6, 6.07) is 14.4. The fourth-order valence-electron chi connectivity index (χ4n) is 2.38. The SMILES string of the molecule is O=C(COc1ccccc1)NCC(=O)Nc1cc(-c2ccc(C(F)(F)F)cc2)no1. The van der Waals surface area contributed by atoms with Crippen molar-refractivity contribution in [3.05, 3.63) is 66.2 Å². The van der Waals surface area contributed by atoms with Gasteiger partial charge in [-0.2, -0.15) is 13.2 Å². The minimum atomic E-state index is -4.43. The van der Waals surface area contributed by atoms with E-state index < -0.39 is 23.6 Å². The molecule has 0 aliphatic rings. The number of anilines is 1. The Morgan fingerprint density at radius 2 is 1.70 bits per heavy atom. The van der Waals surface area contributed by atoms with Gasteiger partial charge in [-0.25, -0.2) is 0 Å². The van der Waals surface area contributed by atoms with Gasteiger partial charge in [-0.05, 0) is 24.3 Å². The predicted octanol–water partition coefficient (Wildman–Crippen LogP) is 3.49. The van der Waals surface area contributed by atoms with Crippen molar-refractivity contribution in [1.82, 2.24) is 10.5 Å². The number of rotatable bonds is 7. The topological polar surface area (TPSA) is 93.5 Å². The number of nitrogens with one attached hydrogen (secondary N) is 2. The fourth-order valence-corrected chi connectivity index (χ4v) is 2.38. The lowest BCUT2D eigenvalue weighted by Gasteiger charge is -2.07. The molecule has 1 heterocycles.